The van der Waals surface area contributed by atoms with E-state index >= 15 is 0 Å². The van der Waals surface area contributed by atoms with Gasteiger partial charge in [0.05, 0.1) is 17.1 Å². The van der Waals surface area contributed by atoms with Crippen molar-refractivity contribution in [3.05, 3.63) is 75.6 Å². The summed E-state index contributed by atoms with van der Waals surface area (Å²) >= 11 is 0. The summed E-state index contributed by atoms with van der Waals surface area (Å²) in [6.07, 6.45) is 3.58. The molecule has 122 valence electrons. The van der Waals surface area contributed by atoms with E-state index in [1.165, 1.54) is 0 Å². The second-order valence-corrected chi connectivity index (χ2v) is 6.13. The molecule has 0 saturated carbocycles. The third-order valence-electron chi connectivity index (χ3n) is 4.52. The molecule has 0 radical (unpaired) electrons. The fourth-order valence-corrected chi connectivity index (χ4v) is 3.38. The summed E-state index contributed by atoms with van der Waals surface area (Å²) in [4.78, 5) is 25.4. The van der Waals surface area contributed by atoms with Crippen molar-refractivity contribution in [1.29, 1.82) is 5.26 Å². The van der Waals surface area contributed by atoms with E-state index in [2.05, 4.69) is 5.32 Å². The molecule has 25 heavy (non-hydrogen) atoms. The number of nitriles is 1. The molecule has 2 heterocycles. The van der Waals surface area contributed by atoms with Gasteiger partial charge in [-0.2, -0.15) is 5.26 Å². The minimum Gasteiger partial charge on any atom is -0.346 e. The first kappa shape index (κ1) is 15.2. The SMILES string of the molecule is N#Cc1cccc(NC(=O)c2cn3c4c(cccc4c2=O)CCC3)c1. The number of carbonyl (C=O) groups is 1. The van der Waals surface area contributed by atoms with Crippen LogP contribution in [0.1, 0.15) is 27.9 Å². The van der Waals surface area contributed by atoms with Gasteiger partial charge in [-0.25, -0.2) is 0 Å². The number of nitrogens with zero attached hydrogens (tertiary/aromatic N) is 2. The first-order valence-electron chi connectivity index (χ1n) is 8.14. The summed E-state index contributed by atoms with van der Waals surface area (Å²) in [6, 6.07) is 14.3. The van der Waals surface area contributed by atoms with E-state index in [0.717, 1.165) is 30.5 Å². The molecule has 1 amide bonds. The Hall–Kier alpha value is -3.39. The molecular formula is C20H15N3O2. The standard InChI is InChI=1S/C20H15N3O2/c21-11-13-4-1-7-15(10-13)22-20(25)17-12-23-9-3-6-14-5-2-8-16(18(14)23)19(17)24/h1-2,4-5,7-8,10,12H,3,6,9H2,(H,22,25). The average Bonchev–Trinajstić information content (AvgIpc) is 2.64. The van der Waals surface area contributed by atoms with Gasteiger partial charge in [0.25, 0.3) is 5.91 Å². The van der Waals surface area contributed by atoms with Gasteiger partial charge in [-0.3, -0.25) is 9.59 Å². The van der Waals surface area contributed by atoms with Crippen LogP contribution in [0.5, 0.6) is 0 Å². The Labute approximate surface area is 144 Å². The lowest BCUT2D eigenvalue weighted by Crippen LogP contribution is -2.25. The molecular weight excluding hydrogens is 314 g/mol. The zero-order valence-electron chi connectivity index (χ0n) is 13.5. The van der Waals surface area contributed by atoms with E-state index < -0.39 is 5.91 Å². The maximum absolute atomic E-state index is 12.8. The molecule has 1 aliphatic rings. The maximum atomic E-state index is 12.8. The molecule has 1 aliphatic heterocycles. The minimum absolute atomic E-state index is 0.119. The Morgan fingerprint density at radius 3 is 2.88 bits per heavy atom. The van der Waals surface area contributed by atoms with E-state index in [1.54, 1.807) is 36.5 Å². The number of anilines is 1. The number of aryl methyl sites for hydroxylation is 2. The molecule has 1 aromatic heterocycles. The van der Waals surface area contributed by atoms with Crippen LogP contribution in [0.25, 0.3) is 10.9 Å². The van der Waals surface area contributed by atoms with Gasteiger partial charge in [0.2, 0.25) is 5.43 Å². The molecule has 3 aromatic rings. The zero-order valence-corrected chi connectivity index (χ0v) is 13.5. The zero-order chi connectivity index (χ0) is 17.4. The molecule has 0 spiro atoms. The van der Waals surface area contributed by atoms with Crippen molar-refractivity contribution >= 4 is 22.5 Å². The van der Waals surface area contributed by atoms with Crippen LogP contribution in [0.4, 0.5) is 5.69 Å². The average molecular weight is 329 g/mol. The Bertz CT molecular complexity index is 1110. The highest BCUT2D eigenvalue weighted by Gasteiger charge is 2.19. The van der Waals surface area contributed by atoms with Gasteiger partial charge in [-0.05, 0) is 42.7 Å². The van der Waals surface area contributed by atoms with Crippen molar-refractivity contribution in [2.45, 2.75) is 19.4 Å². The highest BCUT2D eigenvalue weighted by molar-refractivity contribution is 6.06. The van der Waals surface area contributed by atoms with Crippen LogP contribution in [0.2, 0.25) is 0 Å². The number of pyridine rings is 1. The van der Waals surface area contributed by atoms with Crippen molar-refractivity contribution in [2.24, 2.45) is 0 Å². The molecule has 1 N–H and O–H groups in total. The second-order valence-electron chi connectivity index (χ2n) is 6.13. The number of carbonyl (C=O) groups excluding carboxylic acids is 1. The Morgan fingerprint density at radius 2 is 2.04 bits per heavy atom. The van der Waals surface area contributed by atoms with Gasteiger partial charge in [-0.1, -0.05) is 18.2 Å². The fourth-order valence-electron chi connectivity index (χ4n) is 3.38. The lowest BCUT2D eigenvalue weighted by molar-refractivity contribution is 0.102. The third-order valence-corrected chi connectivity index (χ3v) is 4.52. The predicted octanol–water partition coefficient (Wildman–Crippen LogP) is 3.07. The fraction of sp³-hybridized carbons (Fsp3) is 0.150. The summed E-state index contributed by atoms with van der Waals surface area (Å²) < 4.78 is 2.00. The molecule has 0 bridgehead atoms. The quantitative estimate of drug-likeness (QED) is 0.785. The molecule has 0 fully saturated rings. The highest BCUT2D eigenvalue weighted by Crippen LogP contribution is 2.23. The van der Waals surface area contributed by atoms with Crippen LogP contribution in [0.15, 0.2) is 53.5 Å². The summed E-state index contributed by atoms with van der Waals surface area (Å²) in [5, 5.41) is 12.3. The topological polar surface area (TPSA) is 74.9 Å². The molecule has 0 saturated heterocycles. The molecule has 0 unspecified atom stereocenters. The van der Waals surface area contributed by atoms with E-state index in [9.17, 15) is 9.59 Å². The van der Waals surface area contributed by atoms with Crippen molar-refractivity contribution in [1.82, 2.24) is 4.57 Å². The molecule has 5 nitrogen and oxygen atoms in total. The van der Waals surface area contributed by atoms with Gasteiger partial charge < -0.3 is 9.88 Å². The summed E-state index contributed by atoms with van der Waals surface area (Å²) in [7, 11) is 0. The maximum Gasteiger partial charge on any atom is 0.261 e. The molecule has 5 heteroatoms. The van der Waals surface area contributed by atoms with Crippen LogP contribution in [0.3, 0.4) is 0 Å². The molecule has 0 atom stereocenters. The Balaban J connectivity index is 1.79. The van der Waals surface area contributed by atoms with Gasteiger partial charge in [0.15, 0.2) is 0 Å². The van der Waals surface area contributed by atoms with Crippen molar-refractivity contribution in [3.63, 3.8) is 0 Å². The number of aromatic nitrogens is 1. The number of benzene rings is 2. The summed E-state index contributed by atoms with van der Waals surface area (Å²) in [5.41, 5.74) is 2.89. The number of rotatable bonds is 2. The molecule has 2 aromatic carbocycles. The van der Waals surface area contributed by atoms with Crippen LogP contribution >= 0.6 is 0 Å². The monoisotopic (exact) mass is 329 g/mol. The Morgan fingerprint density at radius 1 is 1.20 bits per heavy atom. The van der Waals surface area contributed by atoms with E-state index in [4.69, 9.17) is 5.26 Å². The normalized spacial score (nSPS) is 12.6. The van der Waals surface area contributed by atoms with E-state index in [-0.39, 0.29) is 11.0 Å². The van der Waals surface area contributed by atoms with Gasteiger partial charge in [-0.15, -0.1) is 0 Å². The van der Waals surface area contributed by atoms with E-state index in [0.29, 0.717) is 16.6 Å². The van der Waals surface area contributed by atoms with E-state index in [1.807, 2.05) is 22.8 Å². The number of nitrogens with one attached hydrogen (secondary N) is 1. The largest absolute Gasteiger partial charge is 0.346 e. The third kappa shape index (κ3) is 2.58. The van der Waals surface area contributed by atoms with Crippen molar-refractivity contribution < 1.29 is 4.79 Å². The second kappa shape index (κ2) is 5.91. The number of hydrogen-bond acceptors (Lipinski definition) is 3. The smallest absolute Gasteiger partial charge is 0.261 e. The minimum atomic E-state index is -0.457. The van der Waals surface area contributed by atoms with Crippen molar-refractivity contribution in [2.75, 3.05) is 5.32 Å². The van der Waals surface area contributed by atoms with Crippen LogP contribution < -0.4 is 10.7 Å². The number of amides is 1. The highest BCUT2D eigenvalue weighted by atomic mass is 16.2. The van der Waals surface area contributed by atoms with Crippen molar-refractivity contribution in [3.8, 4) is 6.07 Å². The number of hydrogen-bond donors (Lipinski definition) is 1. The summed E-state index contributed by atoms with van der Waals surface area (Å²) in [6.45, 7) is 0.790. The van der Waals surface area contributed by atoms with Gasteiger partial charge in [0.1, 0.15) is 5.56 Å². The number of para-hydroxylation sites is 1. The summed E-state index contributed by atoms with van der Waals surface area (Å²) in [5.74, 6) is -0.457. The van der Waals surface area contributed by atoms with Gasteiger partial charge >= 0.3 is 0 Å². The lowest BCUT2D eigenvalue weighted by Gasteiger charge is -2.20. The van der Waals surface area contributed by atoms with Crippen LogP contribution in [0, 0.1) is 11.3 Å². The first-order chi connectivity index (χ1) is 12.2. The van der Waals surface area contributed by atoms with Crippen LogP contribution in [-0.4, -0.2) is 10.5 Å². The first-order valence-corrected chi connectivity index (χ1v) is 8.14. The molecule has 0 aliphatic carbocycles. The predicted molar refractivity (Wildman–Crippen MR) is 95.6 cm³/mol. The van der Waals surface area contributed by atoms with Gasteiger partial charge in [0, 0.05) is 23.8 Å². The van der Waals surface area contributed by atoms with Crippen LogP contribution in [-0.2, 0) is 13.0 Å². The Kier molecular flexibility index (Phi) is 3.58. The lowest BCUT2D eigenvalue weighted by atomic mass is 9.99. The molecule has 4 rings (SSSR count).